The van der Waals surface area contributed by atoms with Crippen molar-refractivity contribution in [1.82, 2.24) is 5.32 Å². The van der Waals surface area contributed by atoms with Gasteiger partial charge in [0, 0.05) is 13.0 Å². The lowest BCUT2D eigenvalue weighted by molar-refractivity contribution is -0.121. The minimum absolute atomic E-state index is 0.145. The fourth-order valence-corrected chi connectivity index (χ4v) is 2.75. The predicted molar refractivity (Wildman–Crippen MR) is 101 cm³/mol. The monoisotopic (exact) mass is 333 g/mol. The van der Waals surface area contributed by atoms with Gasteiger partial charge < -0.3 is 10.1 Å². The van der Waals surface area contributed by atoms with Crippen LogP contribution in [0.5, 0.6) is 5.75 Å². The Labute approximate surface area is 148 Å². The molecule has 0 aliphatic heterocycles. The number of benzene rings is 1. The molecule has 0 bridgehead atoms. The molecule has 0 aromatic heterocycles. The molecule has 3 nitrogen and oxygen atoms in total. The highest BCUT2D eigenvalue weighted by atomic mass is 16.5. The number of amides is 1. The molecule has 0 heterocycles. The van der Waals surface area contributed by atoms with E-state index in [1.807, 2.05) is 12.1 Å². The Balaban J connectivity index is 2.14. The third-order valence-electron chi connectivity index (χ3n) is 4.41. The highest BCUT2D eigenvalue weighted by molar-refractivity contribution is 5.75. The van der Waals surface area contributed by atoms with E-state index in [-0.39, 0.29) is 5.91 Å². The van der Waals surface area contributed by atoms with Gasteiger partial charge in [-0.05, 0) is 42.9 Å². The van der Waals surface area contributed by atoms with Crippen LogP contribution < -0.4 is 10.1 Å². The van der Waals surface area contributed by atoms with Crippen LogP contribution in [0.25, 0.3) is 0 Å². The first-order valence-electron chi connectivity index (χ1n) is 9.68. The second kappa shape index (κ2) is 12.9. The lowest BCUT2D eigenvalue weighted by Gasteiger charge is -2.15. The van der Waals surface area contributed by atoms with Gasteiger partial charge in [0.25, 0.3) is 0 Å². The Kier molecular flexibility index (Phi) is 11.0. The SMILES string of the molecule is CCCCC(CC)CNC(=O)CCCOc1ccc(CCC)cc1. The molecule has 136 valence electrons. The fourth-order valence-electron chi connectivity index (χ4n) is 2.75. The van der Waals surface area contributed by atoms with Crippen LogP contribution in [0.15, 0.2) is 24.3 Å². The highest BCUT2D eigenvalue weighted by Crippen LogP contribution is 2.14. The lowest BCUT2D eigenvalue weighted by atomic mass is 9.99. The molecule has 3 heteroatoms. The molecular weight excluding hydrogens is 298 g/mol. The van der Waals surface area contributed by atoms with Crippen LogP contribution in [0.4, 0.5) is 0 Å². The van der Waals surface area contributed by atoms with Gasteiger partial charge in [-0.2, -0.15) is 0 Å². The molecule has 1 unspecified atom stereocenters. The van der Waals surface area contributed by atoms with E-state index in [2.05, 4.69) is 38.2 Å². The molecule has 1 rings (SSSR count). The zero-order chi connectivity index (χ0) is 17.6. The number of hydrogen-bond donors (Lipinski definition) is 1. The van der Waals surface area contributed by atoms with Crippen LogP contribution in [0.2, 0.25) is 0 Å². The number of ether oxygens (including phenoxy) is 1. The van der Waals surface area contributed by atoms with E-state index in [4.69, 9.17) is 4.74 Å². The zero-order valence-electron chi connectivity index (χ0n) is 15.8. The third-order valence-corrected chi connectivity index (χ3v) is 4.41. The van der Waals surface area contributed by atoms with Gasteiger partial charge in [0.05, 0.1) is 6.61 Å². The van der Waals surface area contributed by atoms with Gasteiger partial charge >= 0.3 is 0 Å². The molecule has 1 aromatic carbocycles. The molecule has 24 heavy (non-hydrogen) atoms. The quantitative estimate of drug-likeness (QED) is 0.508. The van der Waals surface area contributed by atoms with Crippen molar-refractivity contribution < 1.29 is 9.53 Å². The Morgan fingerprint density at radius 2 is 1.83 bits per heavy atom. The number of unbranched alkanes of at least 4 members (excludes halogenated alkanes) is 1. The number of carbonyl (C=O) groups is 1. The average Bonchev–Trinajstić information content (AvgIpc) is 2.60. The normalized spacial score (nSPS) is 12.0. The first-order chi connectivity index (χ1) is 11.7. The van der Waals surface area contributed by atoms with Crippen LogP contribution in [-0.2, 0) is 11.2 Å². The number of carbonyl (C=O) groups excluding carboxylic acids is 1. The number of hydrogen-bond acceptors (Lipinski definition) is 2. The Morgan fingerprint density at radius 3 is 2.46 bits per heavy atom. The Bertz CT molecular complexity index is 442. The van der Waals surface area contributed by atoms with E-state index in [0.29, 0.717) is 18.9 Å². The smallest absolute Gasteiger partial charge is 0.220 e. The summed E-state index contributed by atoms with van der Waals surface area (Å²) in [6.07, 6.45) is 8.39. The summed E-state index contributed by atoms with van der Waals surface area (Å²) in [5.41, 5.74) is 1.35. The molecule has 0 fully saturated rings. The molecule has 0 saturated carbocycles. The van der Waals surface area contributed by atoms with Crippen molar-refractivity contribution in [3.05, 3.63) is 29.8 Å². The van der Waals surface area contributed by atoms with E-state index >= 15 is 0 Å². The maximum Gasteiger partial charge on any atom is 0.220 e. The zero-order valence-corrected chi connectivity index (χ0v) is 15.8. The van der Waals surface area contributed by atoms with Crippen LogP contribution in [0.3, 0.4) is 0 Å². The number of rotatable bonds is 13. The van der Waals surface area contributed by atoms with Gasteiger partial charge in [-0.25, -0.2) is 0 Å². The maximum atomic E-state index is 11.9. The van der Waals surface area contributed by atoms with Crippen molar-refractivity contribution in [3.8, 4) is 5.75 Å². The van der Waals surface area contributed by atoms with Gasteiger partial charge in [-0.3, -0.25) is 4.79 Å². The molecule has 1 N–H and O–H groups in total. The molecule has 0 aliphatic rings. The maximum absolute atomic E-state index is 11.9. The summed E-state index contributed by atoms with van der Waals surface area (Å²) in [4.78, 5) is 11.9. The second-order valence-corrected chi connectivity index (χ2v) is 6.57. The summed E-state index contributed by atoms with van der Waals surface area (Å²) in [5.74, 6) is 1.65. The number of nitrogens with one attached hydrogen (secondary N) is 1. The summed E-state index contributed by atoms with van der Waals surface area (Å²) in [7, 11) is 0. The van der Waals surface area contributed by atoms with E-state index in [9.17, 15) is 4.79 Å². The molecular formula is C21H35NO2. The van der Waals surface area contributed by atoms with Crippen molar-refractivity contribution in [3.63, 3.8) is 0 Å². The van der Waals surface area contributed by atoms with Crippen LogP contribution >= 0.6 is 0 Å². The lowest BCUT2D eigenvalue weighted by Crippen LogP contribution is -2.29. The summed E-state index contributed by atoms with van der Waals surface area (Å²) in [5, 5.41) is 3.07. The molecule has 0 spiro atoms. The molecule has 1 aromatic rings. The van der Waals surface area contributed by atoms with Crippen molar-refractivity contribution >= 4 is 5.91 Å². The summed E-state index contributed by atoms with van der Waals surface area (Å²) in [6.45, 7) is 8.00. The van der Waals surface area contributed by atoms with Crippen LogP contribution in [-0.4, -0.2) is 19.1 Å². The number of aryl methyl sites for hydroxylation is 1. The van der Waals surface area contributed by atoms with Crippen molar-refractivity contribution in [2.45, 2.75) is 72.1 Å². The minimum Gasteiger partial charge on any atom is -0.494 e. The molecule has 0 aliphatic carbocycles. The minimum atomic E-state index is 0.145. The molecule has 0 saturated heterocycles. The topological polar surface area (TPSA) is 38.3 Å². The predicted octanol–water partition coefficient (Wildman–Crippen LogP) is 5.13. The first-order valence-corrected chi connectivity index (χ1v) is 9.68. The van der Waals surface area contributed by atoms with E-state index in [1.54, 1.807) is 0 Å². The van der Waals surface area contributed by atoms with E-state index < -0.39 is 0 Å². The molecule has 0 radical (unpaired) electrons. The van der Waals surface area contributed by atoms with Crippen molar-refractivity contribution in [2.24, 2.45) is 5.92 Å². The Hall–Kier alpha value is -1.51. The Morgan fingerprint density at radius 1 is 1.08 bits per heavy atom. The summed E-state index contributed by atoms with van der Waals surface area (Å²) in [6, 6.07) is 8.27. The molecule has 1 amide bonds. The molecule has 1 atom stereocenters. The van der Waals surface area contributed by atoms with Gasteiger partial charge in [0.1, 0.15) is 5.75 Å². The van der Waals surface area contributed by atoms with Gasteiger partial charge in [-0.1, -0.05) is 58.6 Å². The fraction of sp³-hybridized carbons (Fsp3) is 0.667. The largest absolute Gasteiger partial charge is 0.494 e. The average molecular weight is 334 g/mol. The van der Waals surface area contributed by atoms with Crippen molar-refractivity contribution in [1.29, 1.82) is 0 Å². The summed E-state index contributed by atoms with van der Waals surface area (Å²) < 4.78 is 5.71. The van der Waals surface area contributed by atoms with Gasteiger partial charge in [0.15, 0.2) is 0 Å². The van der Waals surface area contributed by atoms with E-state index in [1.165, 1.54) is 24.8 Å². The highest BCUT2D eigenvalue weighted by Gasteiger charge is 2.08. The van der Waals surface area contributed by atoms with E-state index in [0.717, 1.165) is 38.0 Å². The second-order valence-electron chi connectivity index (χ2n) is 6.57. The third kappa shape index (κ3) is 8.95. The van der Waals surface area contributed by atoms with Crippen molar-refractivity contribution in [2.75, 3.05) is 13.2 Å². The summed E-state index contributed by atoms with van der Waals surface area (Å²) >= 11 is 0. The first kappa shape index (κ1) is 20.5. The van der Waals surface area contributed by atoms with Crippen LogP contribution in [0.1, 0.15) is 71.3 Å². The van der Waals surface area contributed by atoms with Crippen LogP contribution in [0, 0.1) is 5.92 Å². The standard InChI is InChI=1S/C21H35NO2/c1-4-7-10-18(6-3)17-22-21(23)11-8-16-24-20-14-12-19(9-5-2)13-15-20/h12-15,18H,4-11,16-17H2,1-3H3,(H,22,23). The van der Waals surface area contributed by atoms with Gasteiger partial charge in [0.2, 0.25) is 5.91 Å². The van der Waals surface area contributed by atoms with Gasteiger partial charge in [-0.15, -0.1) is 0 Å².